The van der Waals surface area contributed by atoms with Crippen molar-refractivity contribution in [2.24, 2.45) is 0 Å². The fraction of sp³-hybridized carbons (Fsp3) is 0.300. The Labute approximate surface area is 82.0 Å². The van der Waals surface area contributed by atoms with Crippen molar-refractivity contribution >= 4 is 17.7 Å². The molecule has 0 amide bonds. The van der Waals surface area contributed by atoms with Gasteiger partial charge in [0.05, 0.1) is 5.56 Å². The molecule has 3 heteroatoms. The molecule has 1 N–H and O–H groups in total. The molecule has 0 aliphatic rings. The number of aromatic carboxylic acids is 1. The Morgan fingerprint density at radius 1 is 1.54 bits per heavy atom. The van der Waals surface area contributed by atoms with Crippen molar-refractivity contribution in [3.63, 3.8) is 0 Å². The van der Waals surface area contributed by atoms with E-state index in [4.69, 9.17) is 5.11 Å². The highest BCUT2D eigenvalue weighted by molar-refractivity contribution is 7.99. The number of hydrogen-bond acceptors (Lipinski definition) is 2. The number of carbonyl (C=O) groups is 1. The van der Waals surface area contributed by atoms with Gasteiger partial charge < -0.3 is 5.11 Å². The normalized spacial score (nSPS) is 10.0. The van der Waals surface area contributed by atoms with E-state index in [0.29, 0.717) is 5.56 Å². The van der Waals surface area contributed by atoms with Crippen LogP contribution in [0, 0.1) is 6.92 Å². The quantitative estimate of drug-likeness (QED) is 0.755. The molecule has 0 bridgehead atoms. The number of hydrogen-bond donors (Lipinski definition) is 1. The van der Waals surface area contributed by atoms with Crippen molar-refractivity contribution in [1.29, 1.82) is 0 Å². The highest BCUT2D eigenvalue weighted by Gasteiger charge is 2.11. The van der Waals surface area contributed by atoms with Crippen molar-refractivity contribution in [3.8, 4) is 0 Å². The molecule has 2 nitrogen and oxygen atoms in total. The third kappa shape index (κ3) is 2.25. The predicted octanol–water partition coefficient (Wildman–Crippen LogP) is 2.81. The number of rotatable bonds is 3. The van der Waals surface area contributed by atoms with Gasteiger partial charge in [-0.1, -0.05) is 19.1 Å². The van der Waals surface area contributed by atoms with Crippen molar-refractivity contribution in [1.82, 2.24) is 0 Å². The zero-order valence-electron chi connectivity index (χ0n) is 7.70. The summed E-state index contributed by atoms with van der Waals surface area (Å²) < 4.78 is 0. The summed E-state index contributed by atoms with van der Waals surface area (Å²) in [6.07, 6.45) is 0. The maximum absolute atomic E-state index is 10.9. The second kappa shape index (κ2) is 4.33. The standard InChI is InChI=1S/C10H12O2S/c1-3-13-8-6-4-5-7(2)9(8)10(11)12/h4-6H,3H2,1-2H3,(H,11,12). The van der Waals surface area contributed by atoms with Crippen LogP contribution in [0.3, 0.4) is 0 Å². The van der Waals surface area contributed by atoms with Crippen LogP contribution in [0.4, 0.5) is 0 Å². The van der Waals surface area contributed by atoms with E-state index in [-0.39, 0.29) is 0 Å². The Bertz CT molecular complexity index is 321. The molecular formula is C10H12O2S. The first-order chi connectivity index (χ1) is 6.16. The molecule has 70 valence electrons. The third-order valence-corrected chi connectivity index (χ3v) is 2.69. The Kier molecular flexibility index (Phi) is 3.37. The summed E-state index contributed by atoms with van der Waals surface area (Å²) in [5.74, 6) is 0.0537. The lowest BCUT2D eigenvalue weighted by Gasteiger charge is -2.06. The molecule has 0 atom stereocenters. The molecule has 1 aromatic rings. The van der Waals surface area contributed by atoms with Crippen molar-refractivity contribution in [2.45, 2.75) is 18.7 Å². The Morgan fingerprint density at radius 2 is 2.23 bits per heavy atom. The number of carboxylic acids is 1. The minimum absolute atomic E-state index is 0.439. The molecule has 0 saturated heterocycles. The fourth-order valence-electron chi connectivity index (χ4n) is 1.19. The van der Waals surface area contributed by atoms with Gasteiger partial charge in [-0.2, -0.15) is 0 Å². The summed E-state index contributed by atoms with van der Waals surface area (Å²) in [7, 11) is 0. The number of aryl methyl sites for hydroxylation is 1. The first kappa shape index (κ1) is 10.1. The van der Waals surface area contributed by atoms with Crippen LogP contribution >= 0.6 is 11.8 Å². The highest BCUT2D eigenvalue weighted by atomic mass is 32.2. The van der Waals surface area contributed by atoms with Gasteiger partial charge in [-0.3, -0.25) is 0 Å². The molecular weight excluding hydrogens is 184 g/mol. The van der Waals surface area contributed by atoms with E-state index in [0.717, 1.165) is 16.2 Å². The van der Waals surface area contributed by atoms with Crippen LogP contribution in [0.25, 0.3) is 0 Å². The van der Waals surface area contributed by atoms with Gasteiger partial charge in [-0.25, -0.2) is 4.79 Å². The zero-order chi connectivity index (χ0) is 9.84. The molecule has 0 spiro atoms. The van der Waals surface area contributed by atoms with Gasteiger partial charge >= 0.3 is 5.97 Å². The Hall–Kier alpha value is -0.960. The van der Waals surface area contributed by atoms with E-state index in [1.54, 1.807) is 11.8 Å². The van der Waals surface area contributed by atoms with Crippen LogP contribution < -0.4 is 0 Å². The predicted molar refractivity (Wildman–Crippen MR) is 54.5 cm³/mol. The molecule has 13 heavy (non-hydrogen) atoms. The Balaban J connectivity index is 3.17. The van der Waals surface area contributed by atoms with E-state index < -0.39 is 5.97 Å². The van der Waals surface area contributed by atoms with Crippen LogP contribution in [0.2, 0.25) is 0 Å². The monoisotopic (exact) mass is 196 g/mol. The van der Waals surface area contributed by atoms with Gasteiger partial charge in [-0.05, 0) is 24.3 Å². The molecule has 0 heterocycles. The molecule has 1 aromatic carbocycles. The minimum atomic E-state index is -0.839. The van der Waals surface area contributed by atoms with Gasteiger partial charge in [0.1, 0.15) is 0 Å². The number of thioether (sulfide) groups is 1. The van der Waals surface area contributed by atoms with Gasteiger partial charge in [0, 0.05) is 4.90 Å². The van der Waals surface area contributed by atoms with Crippen LogP contribution in [-0.4, -0.2) is 16.8 Å². The SMILES string of the molecule is CCSc1cccc(C)c1C(=O)O. The zero-order valence-corrected chi connectivity index (χ0v) is 8.52. The first-order valence-corrected chi connectivity index (χ1v) is 5.11. The van der Waals surface area contributed by atoms with E-state index in [1.807, 2.05) is 32.0 Å². The maximum Gasteiger partial charge on any atom is 0.337 e. The average Bonchev–Trinajstić information content (AvgIpc) is 2.04. The molecule has 0 aliphatic carbocycles. The molecule has 0 radical (unpaired) electrons. The lowest BCUT2D eigenvalue weighted by atomic mass is 10.1. The van der Waals surface area contributed by atoms with Crippen molar-refractivity contribution < 1.29 is 9.90 Å². The lowest BCUT2D eigenvalue weighted by molar-refractivity contribution is 0.0692. The second-order valence-electron chi connectivity index (χ2n) is 2.69. The summed E-state index contributed by atoms with van der Waals surface area (Å²) >= 11 is 1.56. The van der Waals surface area contributed by atoms with Crippen LogP contribution in [0.15, 0.2) is 23.1 Å². The van der Waals surface area contributed by atoms with E-state index in [2.05, 4.69) is 0 Å². The second-order valence-corrected chi connectivity index (χ2v) is 3.99. The van der Waals surface area contributed by atoms with Gasteiger partial charge in [0.2, 0.25) is 0 Å². The van der Waals surface area contributed by atoms with Crippen LogP contribution in [0.1, 0.15) is 22.8 Å². The summed E-state index contributed by atoms with van der Waals surface area (Å²) in [6.45, 7) is 3.84. The molecule has 0 fully saturated rings. The molecule has 0 aliphatic heterocycles. The summed E-state index contributed by atoms with van der Waals surface area (Å²) in [6, 6.07) is 5.56. The summed E-state index contributed by atoms with van der Waals surface area (Å²) in [4.78, 5) is 11.8. The lowest BCUT2D eigenvalue weighted by Crippen LogP contribution is -2.01. The van der Waals surface area contributed by atoms with Crippen molar-refractivity contribution in [2.75, 3.05) is 5.75 Å². The van der Waals surface area contributed by atoms with E-state index in [9.17, 15) is 4.79 Å². The van der Waals surface area contributed by atoms with Gasteiger partial charge in [-0.15, -0.1) is 11.8 Å². The highest BCUT2D eigenvalue weighted by Crippen LogP contribution is 2.24. The average molecular weight is 196 g/mol. The number of benzene rings is 1. The van der Waals surface area contributed by atoms with Crippen LogP contribution in [0.5, 0.6) is 0 Å². The number of carboxylic acid groups (broad SMARTS) is 1. The fourth-order valence-corrected chi connectivity index (χ4v) is 2.07. The molecule has 0 saturated carbocycles. The topological polar surface area (TPSA) is 37.3 Å². The summed E-state index contributed by atoms with van der Waals surface area (Å²) in [5, 5.41) is 8.96. The third-order valence-electron chi connectivity index (χ3n) is 1.75. The first-order valence-electron chi connectivity index (χ1n) is 4.12. The molecule has 0 unspecified atom stereocenters. The van der Waals surface area contributed by atoms with Crippen molar-refractivity contribution in [3.05, 3.63) is 29.3 Å². The maximum atomic E-state index is 10.9. The summed E-state index contributed by atoms with van der Waals surface area (Å²) in [5.41, 5.74) is 1.26. The van der Waals surface area contributed by atoms with Crippen LogP contribution in [-0.2, 0) is 0 Å². The smallest absolute Gasteiger partial charge is 0.337 e. The van der Waals surface area contributed by atoms with Gasteiger partial charge in [0.25, 0.3) is 0 Å². The van der Waals surface area contributed by atoms with E-state index >= 15 is 0 Å². The van der Waals surface area contributed by atoms with Gasteiger partial charge in [0.15, 0.2) is 0 Å². The largest absolute Gasteiger partial charge is 0.478 e. The Morgan fingerprint density at radius 3 is 2.77 bits per heavy atom. The molecule has 1 rings (SSSR count). The molecule has 0 aromatic heterocycles. The minimum Gasteiger partial charge on any atom is -0.478 e. The van der Waals surface area contributed by atoms with E-state index in [1.165, 1.54) is 0 Å².